The molecule has 106 valence electrons. The van der Waals surface area contributed by atoms with Gasteiger partial charge in [0.05, 0.1) is 0 Å². The predicted molar refractivity (Wildman–Crippen MR) is 89.2 cm³/mol. The van der Waals surface area contributed by atoms with Crippen LogP contribution in [0.2, 0.25) is 0 Å². The van der Waals surface area contributed by atoms with Gasteiger partial charge in [0.15, 0.2) is 0 Å². The Labute approximate surface area is 122 Å². The molecule has 0 atom stereocenters. The highest BCUT2D eigenvalue weighted by atomic mass is 15.1. The van der Waals surface area contributed by atoms with Crippen LogP contribution in [0.3, 0.4) is 0 Å². The van der Waals surface area contributed by atoms with Crippen molar-refractivity contribution in [3.8, 4) is 0 Å². The zero-order chi connectivity index (χ0) is 14.8. The molecule has 0 aliphatic rings. The van der Waals surface area contributed by atoms with Gasteiger partial charge in [0, 0.05) is 31.2 Å². The Bertz CT molecular complexity index is 565. The van der Waals surface area contributed by atoms with Crippen LogP contribution in [0.4, 0.5) is 17.1 Å². The minimum Gasteiger partial charge on any atom is -0.388 e. The third-order valence-electron chi connectivity index (χ3n) is 3.62. The first-order chi connectivity index (χ1) is 9.43. The molecule has 1 N–H and O–H groups in total. The van der Waals surface area contributed by atoms with Crippen LogP contribution in [0, 0.1) is 0 Å². The number of hydrogen-bond donors (Lipinski definition) is 1. The van der Waals surface area contributed by atoms with Crippen molar-refractivity contribution < 1.29 is 0 Å². The molecule has 0 fully saturated rings. The molecule has 0 radical (unpaired) electrons. The van der Waals surface area contributed by atoms with Crippen LogP contribution in [0.1, 0.15) is 26.3 Å². The summed E-state index contributed by atoms with van der Waals surface area (Å²) in [5.74, 6) is 0. The van der Waals surface area contributed by atoms with Crippen molar-refractivity contribution >= 4 is 17.1 Å². The number of nitrogens with zero attached hydrogens (tertiary/aromatic N) is 1. The topological polar surface area (TPSA) is 15.3 Å². The first-order valence-corrected chi connectivity index (χ1v) is 7.04. The average Bonchev–Trinajstić information content (AvgIpc) is 2.46. The predicted octanol–water partition coefficient (Wildman–Crippen LogP) is 4.79. The van der Waals surface area contributed by atoms with E-state index in [0.29, 0.717) is 0 Å². The Morgan fingerprint density at radius 2 is 1.50 bits per heavy atom. The van der Waals surface area contributed by atoms with E-state index in [-0.39, 0.29) is 5.41 Å². The third kappa shape index (κ3) is 2.96. The van der Waals surface area contributed by atoms with Crippen molar-refractivity contribution in [1.82, 2.24) is 0 Å². The summed E-state index contributed by atoms with van der Waals surface area (Å²) in [6.45, 7) is 6.76. The molecule has 0 saturated heterocycles. The Balaban J connectivity index is 2.40. The van der Waals surface area contributed by atoms with Crippen LogP contribution in [-0.4, -0.2) is 14.1 Å². The van der Waals surface area contributed by atoms with E-state index in [1.807, 2.05) is 7.05 Å². The van der Waals surface area contributed by atoms with Gasteiger partial charge in [0.2, 0.25) is 0 Å². The van der Waals surface area contributed by atoms with Gasteiger partial charge in [0.1, 0.15) is 0 Å². The van der Waals surface area contributed by atoms with Crippen LogP contribution in [-0.2, 0) is 5.41 Å². The highest BCUT2D eigenvalue weighted by molar-refractivity contribution is 5.68. The van der Waals surface area contributed by atoms with Gasteiger partial charge >= 0.3 is 0 Å². The lowest BCUT2D eigenvalue weighted by atomic mass is 9.85. The molecule has 0 aliphatic carbocycles. The van der Waals surface area contributed by atoms with Gasteiger partial charge in [-0.05, 0) is 41.3 Å². The normalized spacial score (nSPS) is 11.2. The molecular weight excluding hydrogens is 244 g/mol. The molecule has 0 heterocycles. The highest BCUT2D eigenvalue weighted by Gasteiger charge is 2.19. The lowest BCUT2D eigenvalue weighted by molar-refractivity contribution is 0.590. The molecule has 0 unspecified atom stereocenters. The maximum Gasteiger partial charge on any atom is 0.0446 e. The van der Waals surface area contributed by atoms with Gasteiger partial charge in [-0.3, -0.25) is 0 Å². The van der Waals surface area contributed by atoms with Crippen LogP contribution < -0.4 is 10.2 Å². The van der Waals surface area contributed by atoms with Crippen molar-refractivity contribution in [1.29, 1.82) is 0 Å². The highest BCUT2D eigenvalue weighted by Crippen LogP contribution is 2.34. The van der Waals surface area contributed by atoms with Gasteiger partial charge in [-0.1, -0.05) is 39.0 Å². The summed E-state index contributed by atoms with van der Waals surface area (Å²) < 4.78 is 0. The summed E-state index contributed by atoms with van der Waals surface area (Å²) in [4.78, 5) is 2.25. The molecule has 0 spiro atoms. The minimum absolute atomic E-state index is 0.135. The third-order valence-corrected chi connectivity index (χ3v) is 3.62. The number of benzene rings is 2. The summed E-state index contributed by atoms with van der Waals surface area (Å²) >= 11 is 0. The molecule has 20 heavy (non-hydrogen) atoms. The number of rotatable bonds is 3. The summed E-state index contributed by atoms with van der Waals surface area (Å²) in [6, 6.07) is 17.1. The smallest absolute Gasteiger partial charge is 0.0446 e. The van der Waals surface area contributed by atoms with Gasteiger partial charge in [-0.25, -0.2) is 0 Å². The van der Waals surface area contributed by atoms with E-state index in [1.54, 1.807) is 0 Å². The first kappa shape index (κ1) is 14.4. The second kappa shape index (κ2) is 5.58. The zero-order valence-corrected chi connectivity index (χ0v) is 13.1. The van der Waals surface area contributed by atoms with E-state index in [9.17, 15) is 0 Å². The number of anilines is 3. The Morgan fingerprint density at radius 1 is 0.900 bits per heavy atom. The summed E-state index contributed by atoms with van der Waals surface area (Å²) in [7, 11) is 4.06. The van der Waals surface area contributed by atoms with Crippen molar-refractivity contribution in [3.63, 3.8) is 0 Å². The van der Waals surface area contributed by atoms with E-state index >= 15 is 0 Å². The lowest BCUT2D eigenvalue weighted by Gasteiger charge is -2.29. The Morgan fingerprint density at radius 3 is 2.05 bits per heavy atom. The molecule has 0 aromatic heterocycles. The van der Waals surface area contributed by atoms with Crippen molar-refractivity contribution in [3.05, 3.63) is 54.1 Å². The monoisotopic (exact) mass is 268 g/mol. The maximum atomic E-state index is 3.15. The molecular formula is C18H24N2. The van der Waals surface area contributed by atoms with E-state index in [0.717, 1.165) is 5.69 Å². The van der Waals surface area contributed by atoms with E-state index in [2.05, 4.69) is 86.6 Å². The lowest BCUT2D eigenvalue weighted by Crippen LogP contribution is -2.18. The molecule has 0 amide bonds. The van der Waals surface area contributed by atoms with Gasteiger partial charge in [-0.2, -0.15) is 0 Å². The molecule has 0 aliphatic heterocycles. The van der Waals surface area contributed by atoms with Crippen LogP contribution in [0.25, 0.3) is 0 Å². The molecule has 2 aromatic carbocycles. The van der Waals surface area contributed by atoms with Crippen LogP contribution in [0.15, 0.2) is 48.5 Å². The van der Waals surface area contributed by atoms with Crippen molar-refractivity contribution in [2.45, 2.75) is 26.2 Å². The molecule has 2 nitrogen and oxygen atoms in total. The number of nitrogens with one attached hydrogen (secondary N) is 1. The molecule has 2 rings (SSSR count). The van der Waals surface area contributed by atoms with E-state index in [1.165, 1.54) is 16.9 Å². The molecule has 2 aromatic rings. The van der Waals surface area contributed by atoms with E-state index < -0.39 is 0 Å². The molecule has 2 heteroatoms. The van der Waals surface area contributed by atoms with Crippen molar-refractivity contribution in [2.24, 2.45) is 0 Å². The fraction of sp³-hybridized carbons (Fsp3) is 0.333. The zero-order valence-electron chi connectivity index (χ0n) is 13.1. The average molecular weight is 268 g/mol. The second-order valence-electron chi connectivity index (χ2n) is 6.12. The van der Waals surface area contributed by atoms with Crippen molar-refractivity contribution in [2.75, 3.05) is 24.3 Å². The molecule has 0 bridgehead atoms. The summed E-state index contributed by atoms with van der Waals surface area (Å²) in [5.41, 5.74) is 5.08. The minimum atomic E-state index is 0.135. The van der Waals surface area contributed by atoms with Crippen LogP contribution >= 0.6 is 0 Å². The Kier molecular flexibility index (Phi) is 4.03. The van der Waals surface area contributed by atoms with Gasteiger partial charge in [0.25, 0.3) is 0 Å². The fourth-order valence-corrected chi connectivity index (χ4v) is 2.39. The number of para-hydroxylation sites is 1. The second-order valence-corrected chi connectivity index (χ2v) is 6.12. The molecule has 0 saturated carbocycles. The summed E-state index contributed by atoms with van der Waals surface area (Å²) in [5, 5.41) is 3.15. The SMILES string of the molecule is CNc1ccc(N(C)c2ccccc2C(C)(C)C)cc1. The van der Waals surface area contributed by atoms with E-state index in [4.69, 9.17) is 0 Å². The Hall–Kier alpha value is -1.96. The largest absolute Gasteiger partial charge is 0.388 e. The fourth-order valence-electron chi connectivity index (χ4n) is 2.39. The first-order valence-electron chi connectivity index (χ1n) is 7.04. The number of hydrogen-bond acceptors (Lipinski definition) is 2. The van der Waals surface area contributed by atoms with Gasteiger partial charge in [-0.15, -0.1) is 0 Å². The summed E-state index contributed by atoms with van der Waals surface area (Å²) in [6.07, 6.45) is 0. The van der Waals surface area contributed by atoms with Gasteiger partial charge < -0.3 is 10.2 Å². The standard InChI is InChI=1S/C18H24N2/c1-18(2,3)16-8-6-7-9-17(16)20(5)15-12-10-14(19-4)11-13-15/h6-13,19H,1-5H3. The van der Waals surface area contributed by atoms with Crippen LogP contribution in [0.5, 0.6) is 0 Å². The maximum absolute atomic E-state index is 3.15. The quantitative estimate of drug-likeness (QED) is 0.860.